The maximum absolute atomic E-state index is 11.7. The molecule has 2 N–H and O–H groups in total. The molecular formula is C15H24N4O4S. The van der Waals surface area contributed by atoms with E-state index in [0.717, 1.165) is 11.4 Å². The van der Waals surface area contributed by atoms with Crippen LogP contribution in [0.15, 0.2) is 0 Å². The Bertz CT molecular complexity index is 510. The van der Waals surface area contributed by atoms with E-state index in [1.165, 1.54) is 43.0 Å². The molecule has 1 aliphatic heterocycles. The molecule has 0 spiro atoms. The summed E-state index contributed by atoms with van der Waals surface area (Å²) in [6, 6.07) is -0.341. The van der Waals surface area contributed by atoms with Crippen molar-refractivity contribution in [2.24, 2.45) is 5.92 Å². The van der Waals surface area contributed by atoms with Gasteiger partial charge in [-0.05, 0) is 18.8 Å². The lowest BCUT2D eigenvalue weighted by Gasteiger charge is -2.25. The summed E-state index contributed by atoms with van der Waals surface area (Å²) < 4.78 is 0. The number of hydrogen-bond donors (Lipinski definition) is 2. The van der Waals surface area contributed by atoms with Crippen molar-refractivity contribution in [3.8, 4) is 0 Å². The highest BCUT2D eigenvalue weighted by atomic mass is 32.2. The maximum atomic E-state index is 11.7. The van der Waals surface area contributed by atoms with Gasteiger partial charge in [0.2, 0.25) is 17.7 Å². The Morgan fingerprint density at radius 3 is 2.38 bits per heavy atom. The third-order valence-corrected chi connectivity index (χ3v) is 5.17. The number of rotatable bonds is 9. The molecule has 5 amide bonds. The number of urea groups is 1. The van der Waals surface area contributed by atoms with Gasteiger partial charge in [0, 0.05) is 26.7 Å². The minimum absolute atomic E-state index is 0.0380. The van der Waals surface area contributed by atoms with Gasteiger partial charge in [-0.2, -0.15) is 0 Å². The van der Waals surface area contributed by atoms with E-state index in [1.54, 1.807) is 0 Å². The summed E-state index contributed by atoms with van der Waals surface area (Å²) in [6.45, 7) is 1.39. The second-order valence-corrected chi connectivity index (χ2v) is 7.09. The third-order valence-electron chi connectivity index (χ3n) is 4.24. The van der Waals surface area contributed by atoms with E-state index in [2.05, 4.69) is 10.6 Å². The molecule has 24 heavy (non-hydrogen) atoms. The number of nitrogens with one attached hydrogen (secondary N) is 2. The van der Waals surface area contributed by atoms with Crippen LogP contribution in [0.2, 0.25) is 0 Å². The van der Waals surface area contributed by atoms with Gasteiger partial charge in [0.25, 0.3) is 0 Å². The minimum atomic E-state index is -0.341. The Labute approximate surface area is 145 Å². The molecule has 1 saturated carbocycles. The molecule has 0 radical (unpaired) electrons. The van der Waals surface area contributed by atoms with Gasteiger partial charge in [-0.25, -0.2) is 4.79 Å². The van der Waals surface area contributed by atoms with Crippen LogP contribution in [0.3, 0.4) is 0 Å². The number of nitrogens with zero attached hydrogens (tertiary/aromatic N) is 2. The van der Waals surface area contributed by atoms with Crippen LogP contribution >= 0.6 is 11.8 Å². The van der Waals surface area contributed by atoms with Crippen LogP contribution in [0.4, 0.5) is 4.79 Å². The van der Waals surface area contributed by atoms with E-state index >= 15 is 0 Å². The lowest BCUT2D eigenvalue weighted by atomic mass is 9.85. The topological polar surface area (TPSA) is 98.8 Å². The number of thioether (sulfide) groups is 1. The molecular weight excluding hydrogens is 332 g/mol. The summed E-state index contributed by atoms with van der Waals surface area (Å²) in [4.78, 5) is 48.8. The predicted octanol–water partition coefficient (Wildman–Crippen LogP) is -0.354. The number of likely N-dealkylation sites (N-methyl/N-ethyl adjacent to an activating group) is 1. The van der Waals surface area contributed by atoms with Crippen LogP contribution in [0, 0.1) is 5.92 Å². The smallest absolute Gasteiger partial charge is 0.327 e. The van der Waals surface area contributed by atoms with Crippen LogP contribution < -0.4 is 10.6 Å². The Morgan fingerprint density at radius 2 is 1.83 bits per heavy atom. The van der Waals surface area contributed by atoms with Crippen molar-refractivity contribution in [2.75, 3.05) is 44.7 Å². The van der Waals surface area contributed by atoms with Gasteiger partial charge in [-0.15, -0.1) is 11.8 Å². The van der Waals surface area contributed by atoms with Gasteiger partial charge < -0.3 is 15.5 Å². The largest absolute Gasteiger partial charge is 0.355 e. The van der Waals surface area contributed by atoms with Crippen molar-refractivity contribution in [3.05, 3.63) is 0 Å². The van der Waals surface area contributed by atoms with Crippen LogP contribution in [-0.2, 0) is 14.4 Å². The van der Waals surface area contributed by atoms with Gasteiger partial charge in [0.05, 0.1) is 11.5 Å². The maximum Gasteiger partial charge on any atom is 0.327 e. The molecule has 0 aromatic rings. The molecule has 0 bridgehead atoms. The lowest BCUT2D eigenvalue weighted by Crippen LogP contribution is -2.38. The molecule has 1 heterocycles. The third kappa shape index (κ3) is 5.40. The fraction of sp³-hybridized carbons (Fsp3) is 0.733. The first kappa shape index (κ1) is 18.6. The van der Waals surface area contributed by atoms with Gasteiger partial charge in [-0.3, -0.25) is 19.3 Å². The number of imide groups is 1. The van der Waals surface area contributed by atoms with Crippen molar-refractivity contribution < 1.29 is 19.2 Å². The Hall–Kier alpha value is -1.77. The normalized spacial score (nSPS) is 17.9. The Balaban J connectivity index is 1.49. The second-order valence-electron chi connectivity index (χ2n) is 6.10. The lowest BCUT2D eigenvalue weighted by molar-refractivity contribution is -0.124. The molecule has 2 rings (SSSR count). The summed E-state index contributed by atoms with van der Waals surface area (Å²) in [5.74, 6) is 0.631. The fourth-order valence-corrected chi connectivity index (χ4v) is 3.13. The number of carbonyl (C=O) groups is 4. The molecule has 0 aromatic carbocycles. The summed E-state index contributed by atoms with van der Waals surface area (Å²) in [6.07, 6.45) is 3.64. The van der Waals surface area contributed by atoms with Crippen molar-refractivity contribution in [3.63, 3.8) is 0 Å². The van der Waals surface area contributed by atoms with E-state index in [1.807, 2.05) is 0 Å². The predicted molar refractivity (Wildman–Crippen MR) is 90.4 cm³/mol. The monoisotopic (exact) mass is 356 g/mol. The first-order valence-corrected chi connectivity index (χ1v) is 9.29. The highest BCUT2D eigenvalue weighted by Crippen LogP contribution is 2.25. The number of carbonyl (C=O) groups excluding carboxylic acids is 4. The molecule has 1 saturated heterocycles. The molecule has 0 unspecified atom stereocenters. The minimum Gasteiger partial charge on any atom is -0.355 e. The highest BCUT2D eigenvalue weighted by molar-refractivity contribution is 8.00. The fourth-order valence-electron chi connectivity index (χ4n) is 2.45. The zero-order valence-corrected chi connectivity index (χ0v) is 14.7. The first-order chi connectivity index (χ1) is 11.5. The van der Waals surface area contributed by atoms with E-state index in [9.17, 15) is 19.2 Å². The van der Waals surface area contributed by atoms with Gasteiger partial charge in [-0.1, -0.05) is 6.42 Å². The molecule has 0 atom stereocenters. The quantitative estimate of drug-likeness (QED) is 0.550. The van der Waals surface area contributed by atoms with Crippen molar-refractivity contribution >= 4 is 35.5 Å². The summed E-state index contributed by atoms with van der Waals surface area (Å²) >= 11 is 1.26. The van der Waals surface area contributed by atoms with Gasteiger partial charge >= 0.3 is 6.03 Å². The van der Waals surface area contributed by atoms with Crippen LogP contribution in [0.1, 0.15) is 19.3 Å². The molecule has 2 fully saturated rings. The van der Waals surface area contributed by atoms with Crippen molar-refractivity contribution in [2.45, 2.75) is 19.3 Å². The van der Waals surface area contributed by atoms with Crippen molar-refractivity contribution in [1.82, 2.24) is 20.4 Å². The summed E-state index contributed by atoms with van der Waals surface area (Å²) in [7, 11) is 1.44. The van der Waals surface area contributed by atoms with Crippen LogP contribution in [0.5, 0.6) is 0 Å². The molecule has 2 aliphatic rings. The van der Waals surface area contributed by atoms with Gasteiger partial charge in [0.1, 0.15) is 6.54 Å². The zero-order chi connectivity index (χ0) is 17.5. The SMILES string of the molecule is CN1C(=O)CN(CCNC(=O)CSCC(=O)NCC2CCC2)C1=O. The molecule has 0 aromatic heterocycles. The average molecular weight is 356 g/mol. The molecule has 134 valence electrons. The second kappa shape index (κ2) is 8.91. The van der Waals surface area contributed by atoms with E-state index in [0.29, 0.717) is 19.0 Å². The highest BCUT2D eigenvalue weighted by Gasteiger charge is 2.32. The standard InChI is InChI=1S/C15H24N4O4S/c1-18-14(22)8-19(15(18)23)6-5-16-12(20)9-24-10-13(21)17-7-11-3-2-4-11/h11H,2-10H2,1H3,(H,16,20)(H,17,21). The van der Waals surface area contributed by atoms with Crippen LogP contribution in [-0.4, -0.2) is 78.3 Å². The number of amides is 5. The Kier molecular flexibility index (Phi) is 6.89. The van der Waals surface area contributed by atoms with E-state index < -0.39 is 0 Å². The first-order valence-electron chi connectivity index (χ1n) is 8.14. The molecule has 1 aliphatic carbocycles. The van der Waals surface area contributed by atoms with E-state index in [4.69, 9.17) is 0 Å². The summed E-state index contributed by atoms with van der Waals surface area (Å²) in [5, 5.41) is 5.57. The summed E-state index contributed by atoms with van der Waals surface area (Å²) in [5.41, 5.74) is 0. The van der Waals surface area contributed by atoms with Crippen LogP contribution in [0.25, 0.3) is 0 Å². The van der Waals surface area contributed by atoms with E-state index in [-0.39, 0.29) is 41.8 Å². The molecule has 8 nitrogen and oxygen atoms in total. The number of hydrogen-bond acceptors (Lipinski definition) is 5. The van der Waals surface area contributed by atoms with Gasteiger partial charge in [0.15, 0.2) is 0 Å². The van der Waals surface area contributed by atoms with Crippen molar-refractivity contribution in [1.29, 1.82) is 0 Å². The Morgan fingerprint density at radius 1 is 1.17 bits per heavy atom. The zero-order valence-electron chi connectivity index (χ0n) is 13.9. The average Bonchev–Trinajstić information content (AvgIpc) is 2.73. The molecule has 9 heteroatoms.